The number of carbonyl (C=O) groups is 1. The lowest BCUT2D eigenvalue weighted by atomic mass is 9.85. The Morgan fingerprint density at radius 3 is 2.85 bits per heavy atom. The molecule has 0 fully saturated rings. The molecule has 0 radical (unpaired) electrons. The number of esters is 1. The molecule has 0 aromatic heterocycles. The first kappa shape index (κ1) is 14.6. The first-order valence-corrected chi connectivity index (χ1v) is 6.92. The number of carbonyl (C=O) groups excluding carboxylic acids is 1. The molecule has 0 saturated carbocycles. The van der Waals surface area contributed by atoms with Crippen molar-refractivity contribution >= 4 is 11.7 Å². The van der Waals surface area contributed by atoms with Gasteiger partial charge in [-0.3, -0.25) is 0 Å². The predicted octanol–water partition coefficient (Wildman–Crippen LogP) is 3.04. The fourth-order valence-electron chi connectivity index (χ4n) is 2.07. The SMILES string of the molecule is CCOC(=O)C1CC(c2cccc(C(C)(C)C)c2)=NO1. The minimum atomic E-state index is -0.608. The van der Waals surface area contributed by atoms with E-state index in [0.29, 0.717) is 13.0 Å². The molecule has 20 heavy (non-hydrogen) atoms. The molecule has 0 amide bonds. The van der Waals surface area contributed by atoms with Crippen LogP contribution in [0.1, 0.15) is 45.2 Å². The van der Waals surface area contributed by atoms with Crippen molar-refractivity contribution in [1.29, 1.82) is 0 Å². The molecule has 1 atom stereocenters. The van der Waals surface area contributed by atoms with Gasteiger partial charge in [0.25, 0.3) is 0 Å². The average Bonchev–Trinajstić information content (AvgIpc) is 2.88. The Labute approximate surface area is 119 Å². The van der Waals surface area contributed by atoms with Crippen LogP contribution < -0.4 is 0 Å². The highest BCUT2D eigenvalue weighted by Gasteiger charge is 2.30. The summed E-state index contributed by atoms with van der Waals surface area (Å²) in [4.78, 5) is 16.8. The van der Waals surface area contributed by atoms with Crippen LogP contribution in [-0.4, -0.2) is 24.4 Å². The summed E-state index contributed by atoms with van der Waals surface area (Å²) in [6, 6.07) is 8.21. The van der Waals surface area contributed by atoms with Crippen molar-refractivity contribution in [2.45, 2.75) is 45.6 Å². The second-order valence-electron chi connectivity index (χ2n) is 5.92. The van der Waals surface area contributed by atoms with Crippen LogP contribution in [-0.2, 0) is 19.8 Å². The van der Waals surface area contributed by atoms with E-state index in [9.17, 15) is 4.79 Å². The van der Waals surface area contributed by atoms with Crippen molar-refractivity contribution in [1.82, 2.24) is 0 Å². The lowest BCUT2D eigenvalue weighted by Gasteiger charge is -2.19. The van der Waals surface area contributed by atoms with Gasteiger partial charge in [-0.15, -0.1) is 0 Å². The monoisotopic (exact) mass is 275 g/mol. The van der Waals surface area contributed by atoms with Gasteiger partial charge in [0, 0.05) is 6.42 Å². The van der Waals surface area contributed by atoms with E-state index in [-0.39, 0.29) is 11.4 Å². The van der Waals surface area contributed by atoms with Gasteiger partial charge < -0.3 is 9.57 Å². The summed E-state index contributed by atoms with van der Waals surface area (Å²) in [5, 5.41) is 4.03. The molecule has 108 valence electrons. The third-order valence-corrected chi connectivity index (χ3v) is 3.28. The van der Waals surface area contributed by atoms with Gasteiger partial charge in [-0.05, 0) is 29.5 Å². The van der Waals surface area contributed by atoms with E-state index in [1.54, 1.807) is 6.92 Å². The van der Waals surface area contributed by atoms with E-state index in [4.69, 9.17) is 9.57 Å². The maximum Gasteiger partial charge on any atom is 0.350 e. The molecule has 0 spiro atoms. The molecular weight excluding hydrogens is 254 g/mol. The van der Waals surface area contributed by atoms with E-state index >= 15 is 0 Å². The minimum Gasteiger partial charge on any atom is -0.463 e. The summed E-state index contributed by atoms with van der Waals surface area (Å²) in [5.74, 6) is -0.349. The lowest BCUT2D eigenvalue weighted by molar-refractivity contribution is -0.154. The van der Waals surface area contributed by atoms with Crippen LogP contribution in [0.25, 0.3) is 0 Å². The molecule has 4 nitrogen and oxygen atoms in total. The lowest BCUT2D eigenvalue weighted by Crippen LogP contribution is -2.23. The summed E-state index contributed by atoms with van der Waals surface area (Å²) in [6.45, 7) is 8.64. The summed E-state index contributed by atoms with van der Waals surface area (Å²) < 4.78 is 4.95. The topological polar surface area (TPSA) is 47.9 Å². The van der Waals surface area contributed by atoms with Crippen molar-refractivity contribution in [2.75, 3.05) is 6.61 Å². The van der Waals surface area contributed by atoms with Crippen molar-refractivity contribution in [3.8, 4) is 0 Å². The molecule has 1 aromatic rings. The zero-order valence-corrected chi connectivity index (χ0v) is 12.5. The van der Waals surface area contributed by atoms with Gasteiger partial charge in [-0.1, -0.05) is 44.1 Å². The van der Waals surface area contributed by atoms with E-state index in [0.717, 1.165) is 11.3 Å². The molecule has 1 aromatic carbocycles. The van der Waals surface area contributed by atoms with Crippen LogP contribution in [0.2, 0.25) is 0 Å². The first-order chi connectivity index (χ1) is 9.41. The summed E-state index contributed by atoms with van der Waals surface area (Å²) in [7, 11) is 0. The molecule has 2 rings (SSSR count). The molecular formula is C16H21NO3. The maximum atomic E-state index is 11.6. The zero-order chi connectivity index (χ0) is 14.8. The number of nitrogens with zero attached hydrogens (tertiary/aromatic N) is 1. The standard InChI is InChI=1S/C16H21NO3/c1-5-19-15(18)14-10-13(17-20-14)11-7-6-8-12(9-11)16(2,3)4/h6-9,14H,5,10H2,1-4H3. The van der Waals surface area contributed by atoms with Crippen LogP contribution in [0, 0.1) is 0 Å². The van der Waals surface area contributed by atoms with Crippen molar-refractivity contribution in [3.63, 3.8) is 0 Å². The minimum absolute atomic E-state index is 0.0799. The number of ether oxygens (including phenoxy) is 1. The summed E-state index contributed by atoms with van der Waals surface area (Å²) in [6.07, 6.45) is -0.143. The van der Waals surface area contributed by atoms with Gasteiger partial charge in [0.2, 0.25) is 6.10 Å². The van der Waals surface area contributed by atoms with E-state index in [2.05, 4.69) is 38.1 Å². The third-order valence-electron chi connectivity index (χ3n) is 3.28. The van der Waals surface area contributed by atoms with Gasteiger partial charge in [0.15, 0.2) is 0 Å². The molecule has 1 unspecified atom stereocenters. The normalized spacial score (nSPS) is 18.4. The first-order valence-electron chi connectivity index (χ1n) is 6.92. The maximum absolute atomic E-state index is 11.6. The highest BCUT2D eigenvalue weighted by atomic mass is 16.7. The fraction of sp³-hybridized carbons (Fsp3) is 0.500. The number of benzene rings is 1. The molecule has 4 heteroatoms. The van der Waals surface area contributed by atoms with Crippen LogP contribution in [0.4, 0.5) is 0 Å². The molecule has 1 heterocycles. The van der Waals surface area contributed by atoms with Gasteiger partial charge in [-0.25, -0.2) is 4.79 Å². The van der Waals surface area contributed by atoms with Crippen molar-refractivity contribution in [2.24, 2.45) is 5.16 Å². The molecule has 0 bridgehead atoms. The fourth-order valence-corrected chi connectivity index (χ4v) is 2.07. The molecule has 1 aliphatic heterocycles. The van der Waals surface area contributed by atoms with E-state index < -0.39 is 6.10 Å². The van der Waals surface area contributed by atoms with Gasteiger partial charge in [0.05, 0.1) is 12.3 Å². The van der Waals surface area contributed by atoms with Crippen LogP contribution in [0.3, 0.4) is 0 Å². The summed E-state index contributed by atoms with van der Waals surface area (Å²) >= 11 is 0. The number of rotatable bonds is 3. The predicted molar refractivity (Wildman–Crippen MR) is 77.8 cm³/mol. The van der Waals surface area contributed by atoms with Crippen molar-refractivity contribution in [3.05, 3.63) is 35.4 Å². The van der Waals surface area contributed by atoms with Gasteiger partial charge >= 0.3 is 5.97 Å². The Bertz CT molecular complexity index is 529. The quantitative estimate of drug-likeness (QED) is 0.797. The van der Waals surface area contributed by atoms with Crippen LogP contribution in [0.5, 0.6) is 0 Å². The molecule has 1 aliphatic rings. The Kier molecular flexibility index (Phi) is 4.12. The number of hydrogen-bond donors (Lipinski definition) is 0. The van der Waals surface area contributed by atoms with Crippen molar-refractivity contribution < 1.29 is 14.4 Å². The van der Waals surface area contributed by atoms with Crippen LogP contribution in [0.15, 0.2) is 29.4 Å². The molecule has 0 N–H and O–H groups in total. The smallest absolute Gasteiger partial charge is 0.350 e. The Hall–Kier alpha value is -1.84. The molecule has 0 aliphatic carbocycles. The summed E-state index contributed by atoms with van der Waals surface area (Å²) in [5.41, 5.74) is 3.12. The third kappa shape index (κ3) is 3.18. The Morgan fingerprint density at radius 2 is 2.20 bits per heavy atom. The molecule has 0 saturated heterocycles. The van der Waals surface area contributed by atoms with Gasteiger partial charge in [-0.2, -0.15) is 0 Å². The number of hydrogen-bond acceptors (Lipinski definition) is 4. The number of oxime groups is 1. The highest BCUT2D eigenvalue weighted by Crippen LogP contribution is 2.25. The van der Waals surface area contributed by atoms with E-state index in [1.807, 2.05) is 12.1 Å². The average molecular weight is 275 g/mol. The van der Waals surface area contributed by atoms with Gasteiger partial charge in [0.1, 0.15) is 0 Å². The van der Waals surface area contributed by atoms with E-state index in [1.165, 1.54) is 5.56 Å². The largest absolute Gasteiger partial charge is 0.463 e. The second-order valence-corrected chi connectivity index (χ2v) is 5.92. The Balaban J connectivity index is 2.13. The zero-order valence-electron chi connectivity index (χ0n) is 12.5. The highest BCUT2D eigenvalue weighted by molar-refractivity contribution is 6.03. The Morgan fingerprint density at radius 1 is 1.45 bits per heavy atom. The second kappa shape index (κ2) is 5.65. The van der Waals surface area contributed by atoms with Crippen LogP contribution >= 0.6 is 0 Å².